The van der Waals surface area contributed by atoms with E-state index in [1.807, 2.05) is 24.3 Å². The second kappa shape index (κ2) is 17.1. The van der Waals surface area contributed by atoms with Gasteiger partial charge in [0.15, 0.2) is 18.2 Å². The monoisotopic (exact) mass is 714 g/mol. The Kier molecular flexibility index (Phi) is 13.4. The third-order valence-corrected chi connectivity index (χ3v) is 13.5. The smallest absolute Gasteiger partial charge is 0.332 e. The molecule has 0 bridgehead atoms. The van der Waals surface area contributed by atoms with Crippen molar-refractivity contribution < 1.29 is 52.6 Å². The van der Waals surface area contributed by atoms with Crippen molar-refractivity contribution in [1.29, 1.82) is 0 Å². The van der Waals surface area contributed by atoms with Crippen molar-refractivity contribution in [2.24, 2.45) is 0 Å². The van der Waals surface area contributed by atoms with E-state index in [2.05, 4.69) is 38.8 Å². The first-order chi connectivity index (χ1) is 23.7. The first-order valence-corrected chi connectivity index (χ1v) is 19.3. The number of rotatable bonds is 16. The molecule has 1 unspecified atom stereocenters. The van der Waals surface area contributed by atoms with E-state index in [0.717, 1.165) is 5.56 Å². The van der Waals surface area contributed by atoms with Gasteiger partial charge in [0.25, 0.3) is 0 Å². The summed E-state index contributed by atoms with van der Waals surface area (Å²) < 4.78 is 47.3. The van der Waals surface area contributed by atoms with E-state index in [4.69, 9.17) is 42.6 Å². The van der Waals surface area contributed by atoms with Crippen LogP contribution in [0.3, 0.4) is 0 Å². The summed E-state index contributed by atoms with van der Waals surface area (Å²) in [5.41, 5.74) is 1.83. The number of carbonyl (C=O) groups is 1. The number of hydrogen-bond acceptors (Lipinski definition) is 12. The molecule has 0 saturated carbocycles. The van der Waals surface area contributed by atoms with E-state index in [1.54, 1.807) is 58.9 Å². The maximum absolute atomic E-state index is 11.5. The molecule has 3 aromatic rings. The fourth-order valence-electron chi connectivity index (χ4n) is 5.34. The molecule has 6 atom stereocenters. The van der Waals surface area contributed by atoms with Crippen molar-refractivity contribution in [1.82, 2.24) is 9.97 Å². The van der Waals surface area contributed by atoms with Gasteiger partial charge in [-0.2, -0.15) is 0 Å². The SMILES string of the molecule is CO[C@H]1O[C@H](COc2cccc(-c3nccc(COc4ccc(O[Si](C)(C)C(C)(C)C)cc4CC(O)C(=O)O)n3)c2)[C@@H](OC)[C@H](OC)[C@@H]1OC. The molecule has 0 amide bonds. The molecule has 1 saturated heterocycles. The van der Waals surface area contributed by atoms with Crippen molar-refractivity contribution in [3.8, 4) is 28.6 Å². The summed E-state index contributed by atoms with van der Waals surface area (Å²) in [5.74, 6) is 0.741. The molecule has 2 heterocycles. The van der Waals surface area contributed by atoms with E-state index in [9.17, 15) is 15.0 Å². The van der Waals surface area contributed by atoms with Gasteiger partial charge in [-0.15, -0.1) is 0 Å². The fourth-order valence-corrected chi connectivity index (χ4v) is 6.36. The lowest BCUT2D eigenvalue weighted by Crippen LogP contribution is -2.61. The Hall–Kier alpha value is -3.63. The van der Waals surface area contributed by atoms with Crippen molar-refractivity contribution in [2.75, 3.05) is 35.0 Å². The van der Waals surface area contributed by atoms with Gasteiger partial charge >= 0.3 is 5.97 Å². The third-order valence-electron chi connectivity index (χ3n) is 9.14. The molecule has 0 radical (unpaired) electrons. The van der Waals surface area contributed by atoms with Crippen molar-refractivity contribution in [2.45, 2.75) is 88.7 Å². The molecular formula is C36H50N2O11Si. The highest BCUT2D eigenvalue weighted by Crippen LogP contribution is 2.38. The lowest BCUT2D eigenvalue weighted by atomic mass is 9.98. The van der Waals surface area contributed by atoms with Crippen molar-refractivity contribution in [3.63, 3.8) is 0 Å². The van der Waals surface area contributed by atoms with Gasteiger partial charge in [0.2, 0.25) is 8.32 Å². The zero-order valence-electron chi connectivity index (χ0n) is 30.2. The van der Waals surface area contributed by atoms with Gasteiger partial charge in [0.05, 0.1) is 5.69 Å². The molecule has 2 aromatic carbocycles. The van der Waals surface area contributed by atoms with Gasteiger partial charge in [0.1, 0.15) is 54.9 Å². The van der Waals surface area contributed by atoms with Gasteiger partial charge in [-0.3, -0.25) is 0 Å². The van der Waals surface area contributed by atoms with E-state index in [0.29, 0.717) is 34.3 Å². The van der Waals surface area contributed by atoms with E-state index in [1.165, 1.54) is 0 Å². The maximum atomic E-state index is 11.5. The van der Waals surface area contributed by atoms with Crippen LogP contribution in [-0.2, 0) is 41.5 Å². The molecular weight excluding hydrogens is 664 g/mol. The Morgan fingerprint density at radius 3 is 2.28 bits per heavy atom. The van der Waals surface area contributed by atoms with Crippen LogP contribution in [0.25, 0.3) is 11.4 Å². The molecule has 274 valence electrons. The minimum atomic E-state index is -2.17. The summed E-state index contributed by atoms with van der Waals surface area (Å²) in [6.07, 6.45) is -2.66. The van der Waals surface area contributed by atoms with E-state index >= 15 is 0 Å². The number of aliphatic hydroxyl groups is 1. The number of nitrogens with zero attached hydrogens (tertiary/aromatic N) is 2. The zero-order valence-corrected chi connectivity index (χ0v) is 31.2. The molecule has 1 aromatic heterocycles. The normalized spacial score (nSPS) is 21.8. The Balaban J connectivity index is 1.48. The highest BCUT2D eigenvalue weighted by molar-refractivity contribution is 6.74. The van der Waals surface area contributed by atoms with Gasteiger partial charge in [-0.25, -0.2) is 14.8 Å². The maximum Gasteiger partial charge on any atom is 0.332 e. The fraction of sp³-hybridized carbons (Fsp3) is 0.528. The molecule has 1 aliphatic heterocycles. The minimum absolute atomic E-state index is 0.0359. The Morgan fingerprint density at radius 1 is 0.920 bits per heavy atom. The summed E-state index contributed by atoms with van der Waals surface area (Å²) in [6.45, 7) is 10.9. The number of aromatic nitrogens is 2. The number of aliphatic hydroxyl groups excluding tert-OH is 1. The number of hydrogen-bond donors (Lipinski definition) is 2. The minimum Gasteiger partial charge on any atom is -0.543 e. The van der Waals surface area contributed by atoms with Crippen LogP contribution >= 0.6 is 0 Å². The van der Waals surface area contributed by atoms with E-state index in [-0.39, 0.29) is 24.7 Å². The lowest BCUT2D eigenvalue weighted by Gasteiger charge is -2.44. The van der Waals surface area contributed by atoms with Crippen LogP contribution in [0.2, 0.25) is 18.1 Å². The van der Waals surface area contributed by atoms with E-state index < -0.39 is 51.1 Å². The van der Waals surface area contributed by atoms with Crippen molar-refractivity contribution >= 4 is 14.3 Å². The average Bonchev–Trinajstić information content (AvgIpc) is 3.09. The summed E-state index contributed by atoms with van der Waals surface area (Å²) in [4.78, 5) is 20.7. The molecule has 14 heteroatoms. The van der Waals surface area contributed by atoms with Crippen LogP contribution < -0.4 is 13.9 Å². The van der Waals surface area contributed by atoms with Crippen LogP contribution in [0.4, 0.5) is 0 Å². The van der Waals surface area contributed by atoms with Crippen LogP contribution in [-0.4, -0.2) is 106 Å². The summed E-state index contributed by atoms with van der Waals surface area (Å²) in [5, 5.41) is 19.5. The first-order valence-electron chi connectivity index (χ1n) is 16.4. The van der Waals surface area contributed by atoms with Gasteiger partial charge < -0.3 is 47.8 Å². The number of benzene rings is 2. The standard InChI is InChI=1S/C36H50N2O11Si/c1-36(2,3)50(8,9)49-26-13-14-28(23(18-26)19-27(39)34(40)41)47-20-24-15-16-37-33(38-24)22-11-10-12-25(17-22)46-21-29-30(42-4)31(43-5)32(44-6)35(45-7)48-29/h10-18,27,29-32,35,39H,19-21H2,1-9H3,(H,40,41)/t27?,29-,30-,31+,32+,35+/m1/s1. The highest BCUT2D eigenvalue weighted by atomic mass is 28.4. The van der Waals surface area contributed by atoms with Crippen molar-refractivity contribution in [3.05, 3.63) is 66.0 Å². The zero-order chi connectivity index (χ0) is 36.6. The molecule has 50 heavy (non-hydrogen) atoms. The lowest BCUT2D eigenvalue weighted by molar-refractivity contribution is -0.305. The third kappa shape index (κ3) is 9.57. The second-order valence-corrected chi connectivity index (χ2v) is 18.3. The largest absolute Gasteiger partial charge is 0.543 e. The Labute approximate surface area is 294 Å². The topological polar surface area (TPSA) is 157 Å². The predicted octanol–water partition coefficient (Wildman–Crippen LogP) is 4.89. The van der Waals surface area contributed by atoms with Gasteiger partial charge in [-0.05, 0) is 54.5 Å². The quantitative estimate of drug-likeness (QED) is 0.194. The Bertz CT molecular complexity index is 1570. The summed E-state index contributed by atoms with van der Waals surface area (Å²) >= 11 is 0. The van der Waals surface area contributed by atoms with Crippen LogP contribution in [0, 0.1) is 0 Å². The number of ether oxygens (including phenoxy) is 7. The van der Waals surface area contributed by atoms with Crippen LogP contribution in [0.1, 0.15) is 32.0 Å². The molecule has 13 nitrogen and oxygen atoms in total. The molecule has 1 aliphatic rings. The molecule has 0 spiro atoms. The van der Waals surface area contributed by atoms with Gasteiger partial charge in [-0.1, -0.05) is 32.9 Å². The Morgan fingerprint density at radius 2 is 1.64 bits per heavy atom. The summed E-state index contributed by atoms with van der Waals surface area (Å²) in [6, 6.07) is 14.4. The molecule has 4 rings (SSSR count). The van der Waals surface area contributed by atoms with Crippen LogP contribution in [0.5, 0.6) is 17.2 Å². The van der Waals surface area contributed by atoms with Gasteiger partial charge in [0, 0.05) is 52.2 Å². The first kappa shape index (κ1) is 39.2. The molecule has 2 N–H and O–H groups in total. The average molecular weight is 715 g/mol. The number of carboxylic acids is 1. The van der Waals surface area contributed by atoms with Crippen LogP contribution in [0.15, 0.2) is 54.7 Å². The number of methoxy groups -OCH3 is 4. The second-order valence-electron chi connectivity index (χ2n) is 13.6. The number of carboxylic acid groups (broad SMARTS) is 1. The predicted molar refractivity (Wildman–Crippen MR) is 187 cm³/mol. The molecule has 0 aliphatic carbocycles. The molecule has 1 fully saturated rings. The highest BCUT2D eigenvalue weighted by Gasteiger charge is 2.47. The number of aliphatic carboxylic acids is 1. The summed E-state index contributed by atoms with van der Waals surface area (Å²) in [7, 11) is 4.12.